The summed E-state index contributed by atoms with van der Waals surface area (Å²) in [5.74, 6) is 0.845. The molecule has 1 spiro atoms. The first-order valence-electron chi connectivity index (χ1n) is 11.1. The van der Waals surface area contributed by atoms with Gasteiger partial charge in [-0.2, -0.15) is 5.26 Å². The molecular weight excluding hydrogens is 390 g/mol. The Morgan fingerprint density at radius 2 is 1.77 bits per heavy atom. The van der Waals surface area contributed by atoms with Gasteiger partial charge >= 0.3 is 0 Å². The molecule has 3 atom stereocenters. The second kappa shape index (κ2) is 10.2. The van der Waals surface area contributed by atoms with Gasteiger partial charge in [0.05, 0.1) is 17.5 Å². The lowest BCUT2D eigenvalue weighted by atomic mass is 9.75. The Kier molecular flexibility index (Phi) is 8.14. The van der Waals surface area contributed by atoms with Crippen LogP contribution >= 0.6 is 0 Å². The van der Waals surface area contributed by atoms with Crippen molar-refractivity contribution < 1.29 is 14.4 Å². The molecule has 1 N–H and O–H groups in total. The van der Waals surface area contributed by atoms with Gasteiger partial charge in [-0.05, 0) is 45.1 Å². The van der Waals surface area contributed by atoms with Gasteiger partial charge in [-0.1, -0.05) is 44.2 Å². The Morgan fingerprint density at radius 1 is 1.19 bits per heavy atom. The molecule has 0 radical (unpaired) electrons. The molecule has 0 saturated carbocycles. The molecule has 1 aromatic carbocycles. The van der Waals surface area contributed by atoms with Gasteiger partial charge in [0.1, 0.15) is 17.1 Å². The summed E-state index contributed by atoms with van der Waals surface area (Å²) in [5.41, 5.74) is 0.0762. The van der Waals surface area contributed by atoms with E-state index in [1.165, 1.54) is 0 Å². The fraction of sp³-hybridized carbons (Fsp3) is 0.600. The zero-order chi connectivity index (χ0) is 23.2. The van der Waals surface area contributed by atoms with Crippen molar-refractivity contribution in [3.8, 4) is 6.07 Å². The van der Waals surface area contributed by atoms with Crippen molar-refractivity contribution >= 4 is 17.5 Å². The second-order valence-corrected chi connectivity index (χ2v) is 9.54. The molecule has 2 aliphatic heterocycles. The maximum Gasteiger partial charge on any atom is 0.242 e. The number of hydrogen-bond donors (Lipinski definition) is 1. The van der Waals surface area contributed by atoms with Crippen molar-refractivity contribution in [2.24, 2.45) is 11.3 Å². The van der Waals surface area contributed by atoms with Crippen LogP contribution in [0.25, 0.3) is 0 Å². The number of nitriles is 1. The van der Waals surface area contributed by atoms with E-state index in [1.807, 2.05) is 25.1 Å². The zero-order valence-corrected chi connectivity index (χ0v) is 19.4. The number of nitrogens with one attached hydrogen (secondary N) is 1. The summed E-state index contributed by atoms with van der Waals surface area (Å²) < 4.78 is 0. The van der Waals surface area contributed by atoms with E-state index in [2.05, 4.69) is 42.3 Å². The Hall–Kier alpha value is -2.52. The quantitative estimate of drug-likeness (QED) is 0.671. The lowest BCUT2D eigenvalue weighted by molar-refractivity contribution is -0.142. The Bertz CT molecular complexity index is 831. The van der Waals surface area contributed by atoms with Gasteiger partial charge in [0.15, 0.2) is 0 Å². The van der Waals surface area contributed by atoms with E-state index in [-0.39, 0.29) is 23.5 Å². The normalized spacial score (nSPS) is 27.1. The molecule has 1 amide bonds. The predicted octanol–water partition coefficient (Wildman–Crippen LogP) is 3.82. The van der Waals surface area contributed by atoms with Crippen LogP contribution in [0.1, 0.15) is 71.9 Å². The fourth-order valence-corrected chi connectivity index (χ4v) is 4.68. The fourth-order valence-electron chi connectivity index (χ4n) is 4.68. The van der Waals surface area contributed by atoms with E-state index in [1.54, 1.807) is 13.8 Å². The average molecular weight is 426 g/mol. The number of carbonyl (C=O) groups excluding carboxylic acids is 3. The highest BCUT2D eigenvalue weighted by atomic mass is 16.2. The molecule has 0 aliphatic carbocycles. The van der Waals surface area contributed by atoms with Crippen LogP contribution < -0.4 is 5.32 Å². The average Bonchev–Trinajstić information content (AvgIpc) is 2.98. The summed E-state index contributed by atoms with van der Waals surface area (Å²) in [5, 5.41) is 12.7. The van der Waals surface area contributed by atoms with Crippen LogP contribution in [0.2, 0.25) is 0 Å². The molecule has 3 unspecified atom stereocenters. The third kappa shape index (κ3) is 5.59. The van der Waals surface area contributed by atoms with E-state index in [9.17, 15) is 19.6 Å². The number of Topliss-reactive ketones (excluding diaryl/α,β-unsaturated/α-hetero) is 2. The molecule has 2 saturated heterocycles. The third-order valence-corrected chi connectivity index (χ3v) is 6.08. The van der Waals surface area contributed by atoms with Gasteiger partial charge in [0.25, 0.3) is 0 Å². The molecule has 0 bridgehead atoms. The lowest BCUT2D eigenvalue weighted by Gasteiger charge is -2.46. The molecule has 6 nitrogen and oxygen atoms in total. The largest absolute Gasteiger partial charge is 0.352 e. The topological polar surface area (TPSA) is 90.3 Å². The highest BCUT2D eigenvalue weighted by Gasteiger charge is 2.65. The minimum Gasteiger partial charge on any atom is -0.352 e. The SMILES string of the molecule is CC(=O)CCCC(C)=O.CC(C)CN1C(c2ccccc2)C(C)(C#N)CC12CNC2=O. The third-order valence-electron chi connectivity index (χ3n) is 6.08. The van der Waals surface area contributed by atoms with Crippen molar-refractivity contribution in [1.29, 1.82) is 5.26 Å². The van der Waals surface area contributed by atoms with Crippen molar-refractivity contribution in [2.45, 2.75) is 71.9 Å². The molecule has 2 heterocycles. The van der Waals surface area contributed by atoms with Gasteiger partial charge in [0, 0.05) is 25.9 Å². The number of nitrogens with zero attached hydrogens (tertiary/aromatic N) is 2. The van der Waals surface area contributed by atoms with Crippen molar-refractivity contribution in [3.05, 3.63) is 35.9 Å². The van der Waals surface area contributed by atoms with Crippen LogP contribution in [-0.2, 0) is 14.4 Å². The number of hydrogen-bond acceptors (Lipinski definition) is 5. The summed E-state index contributed by atoms with van der Waals surface area (Å²) in [7, 11) is 0. The number of carbonyl (C=O) groups is 3. The maximum absolute atomic E-state index is 12.4. The summed E-state index contributed by atoms with van der Waals surface area (Å²) in [4.78, 5) is 35.3. The van der Waals surface area contributed by atoms with Crippen molar-refractivity contribution in [1.82, 2.24) is 10.2 Å². The summed E-state index contributed by atoms with van der Waals surface area (Å²) in [6.07, 6.45) is 2.40. The van der Waals surface area contributed by atoms with Crippen molar-refractivity contribution in [2.75, 3.05) is 13.1 Å². The molecule has 6 heteroatoms. The van der Waals surface area contributed by atoms with Crippen LogP contribution in [0.5, 0.6) is 0 Å². The number of rotatable bonds is 7. The number of amides is 1. The predicted molar refractivity (Wildman–Crippen MR) is 120 cm³/mol. The molecule has 0 aromatic heterocycles. The summed E-state index contributed by atoms with van der Waals surface area (Å²) in [6.45, 7) is 10.9. The number of benzene rings is 1. The molecule has 1 aromatic rings. The van der Waals surface area contributed by atoms with Gasteiger partial charge in [0.2, 0.25) is 5.91 Å². The smallest absolute Gasteiger partial charge is 0.242 e. The highest BCUT2D eigenvalue weighted by molar-refractivity contribution is 5.93. The molecule has 31 heavy (non-hydrogen) atoms. The first-order chi connectivity index (χ1) is 14.6. The van der Waals surface area contributed by atoms with Gasteiger partial charge < -0.3 is 14.9 Å². The van der Waals surface area contributed by atoms with Gasteiger partial charge in [-0.3, -0.25) is 9.69 Å². The number of ketones is 2. The van der Waals surface area contributed by atoms with Crippen LogP contribution in [0.3, 0.4) is 0 Å². The van der Waals surface area contributed by atoms with Crippen molar-refractivity contribution in [3.63, 3.8) is 0 Å². The van der Waals surface area contributed by atoms with E-state index in [0.29, 0.717) is 38.1 Å². The summed E-state index contributed by atoms with van der Waals surface area (Å²) in [6, 6.07) is 12.6. The molecule has 3 rings (SSSR count). The van der Waals surface area contributed by atoms with E-state index >= 15 is 0 Å². The lowest BCUT2D eigenvalue weighted by Crippen LogP contribution is -2.71. The van der Waals surface area contributed by atoms with E-state index < -0.39 is 11.0 Å². The molecular formula is C25H35N3O3. The first-order valence-corrected chi connectivity index (χ1v) is 11.1. The van der Waals surface area contributed by atoms with Crippen LogP contribution in [-0.4, -0.2) is 41.0 Å². The standard InChI is InChI=1S/C18H23N3O.C7H12O2/c1-13(2)9-21-15(14-7-5-4-6-8-14)17(3,11-19)10-18(21)12-20-16(18)22;1-6(8)4-3-5-7(2)9/h4-8,13,15H,9-10,12H2,1-3H3,(H,20,22);3-5H2,1-2H3. The van der Waals surface area contributed by atoms with Gasteiger partial charge in [-0.15, -0.1) is 0 Å². The Morgan fingerprint density at radius 3 is 2.16 bits per heavy atom. The van der Waals surface area contributed by atoms with E-state index in [4.69, 9.17) is 0 Å². The minimum atomic E-state index is -0.548. The number of likely N-dealkylation sites (tertiary alicyclic amines) is 1. The second-order valence-electron chi connectivity index (χ2n) is 9.54. The Labute approximate surface area is 186 Å². The minimum absolute atomic E-state index is 0.0350. The van der Waals surface area contributed by atoms with Crippen LogP contribution in [0.4, 0.5) is 0 Å². The monoisotopic (exact) mass is 425 g/mol. The number of β-lactam (4-membered cyclic amide) rings is 1. The highest BCUT2D eigenvalue weighted by Crippen LogP contribution is 2.55. The molecule has 2 fully saturated rings. The maximum atomic E-state index is 12.4. The first kappa shape index (κ1) is 24.7. The summed E-state index contributed by atoms with van der Waals surface area (Å²) >= 11 is 0. The Balaban J connectivity index is 0.000000323. The van der Waals surface area contributed by atoms with Gasteiger partial charge in [-0.25, -0.2) is 0 Å². The van der Waals surface area contributed by atoms with Crippen LogP contribution in [0.15, 0.2) is 30.3 Å². The molecule has 2 aliphatic rings. The zero-order valence-electron chi connectivity index (χ0n) is 19.4. The molecule has 168 valence electrons. The van der Waals surface area contributed by atoms with Crippen LogP contribution in [0, 0.1) is 22.7 Å². The van der Waals surface area contributed by atoms with E-state index in [0.717, 1.165) is 12.1 Å².